The topological polar surface area (TPSA) is 87.9 Å². The number of aromatic nitrogens is 1. The van der Waals surface area contributed by atoms with E-state index >= 15 is 0 Å². The lowest BCUT2D eigenvalue weighted by Gasteiger charge is -2.30. The van der Waals surface area contributed by atoms with Crippen molar-refractivity contribution in [2.45, 2.75) is 52.0 Å². The van der Waals surface area contributed by atoms with Crippen LogP contribution in [0.5, 0.6) is 5.75 Å². The fourth-order valence-electron chi connectivity index (χ4n) is 4.07. The number of likely N-dealkylation sites (tertiary alicyclic amines) is 1. The molecular weight excluding hydrogens is 408 g/mol. The molecule has 172 valence electrons. The van der Waals surface area contributed by atoms with Crippen LogP contribution in [0.1, 0.15) is 62.0 Å². The van der Waals surface area contributed by atoms with Crippen LogP contribution in [0.25, 0.3) is 0 Å². The number of nitrogens with one attached hydrogen (secondary N) is 1. The smallest absolute Gasteiger partial charge is 0.273 e. The monoisotopic (exact) mass is 440 g/mol. The summed E-state index contributed by atoms with van der Waals surface area (Å²) in [7, 11) is 0. The van der Waals surface area contributed by atoms with Crippen molar-refractivity contribution < 1.29 is 18.7 Å². The number of rotatable bonds is 6. The van der Waals surface area contributed by atoms with E-state index in [0.717, 1.165) is 25.2 Å². The quantitative estimate of drug-likeness (QED) is 0.743. The van der Waals surface area contributed by atoms with E-state index in [1.54, 1.807) is 4.90 Å². The zero-order valence-electron chi connectivity index (χ0n) is 19.1. The summed E-state index contributed by atoms with van der Waals surface area (Å²) < 4.78 is 11.1. The lowest BCUT2D eigenvalue weighted by molar-refractivity contribution is -0.121. The van der Waals surface area contributed by atoms with Gasteiger partial charge in [-0.15, -0.1) is 0 Å². The lowest BCUT2D eigenvalue weighted by atomic mass is 9.86. The first-order chi connectivity index (χ1) is 15.3. The predicted molar refractivity (Wildman–Crippen MR) is 121 cm³/mol. The highest BCUT2D eigenvalue weighted by Gasteiger charge is 2.29. The Morgan fingerprint density at radius 2 is 1.97 bits per heavy atom. The third-order valence-electron chi connectivity index (χ3n) is 6.01. The Bertz CT molecular complexity index is 973. The zero-order chi connectivity index (χ0) is 22.7. The number of amides is 2. The van der Waals surface area contributed by atoms with Gasteiger partial charge in [0.2, 0.25) is 5.89 Å². The van der Waals surface area contributed by atoms with Crippen molar-refractivity contribution >= 4 is 17.5 Å². The van der Waals surface area contributed by atoms with Crippen LogP contribution >= 0.6 is 0 Å². The van der Waals surface area contributed by atoms with Gasteiger partial charge in [-0.25, -0.2) is 4.98 Å². The molecule has 2 aromatic rings. The van der Waals surface area contributed by atoms with E-state index in [4.69, 9.17) is 9.15 Å². The summed E-state index contributed by atoms with van der Waals surface area (Å²) >= 11 is 0. The average molecular weight is 441 g/mol. The largest absolute Gasteiger partial charge is 0.482 e. The van der Waals surface area contributed by atoms with E-state index in [2.05, 4.69) is 36.0 Å². The Hall–Kier alpha value is -2.87. The van der Waals surface area contributed by atoms with Gasteiger partial charge in [0.1, 0.15) is 18.6 Å². The first kappa shape index (κ1) is 22.3. The maximum absolute atomic E-state index is 12.6. The summed E-state index contributed by atoms with van der Waals surface area (Å²) in [5, 5.41) is 2.91. The maximum atomic E-state index is 12.6. The molecule has 1 aromatic heterocycles. The molecule has 0 aliphatic carbocycles. The molecule has 0 bridgehead atoms. The Balaban J connectivity index is 1.41. The Kier molecular flexibility index (Phi) is 6.50. The standard InChI is InChI=1S/C24H32N4O4/c1-24(2,3)17-7-8-20-19(13-17)28(22(29)16-31-20)14-21-26-18(15-32-21)23(30)25-9-12-27-10-5-4-6-11-27/h7-8,13,15H,4-6,9-12,14,16H2,1-3H3,(H,25,30). The predicted octanol–water partition coefficient (Wildman–Crippen LogP) is 3.11. The molecule has 2 aliphatic heterocycles. The normalized spacial score (nSPS) is 17.1. The molecule has 2 aliphatic rings. The summed E-state index contributed by atoms with van der Waals surface area (Å²) in [5.41, 5.74) is 1.95. The van der Waals surface area contributed by atoms with Crippen LogP contribution in [0.2, 0.25) is 0 Å². The van der Waals surface area contributed by atoms with Crippen LogP contribution in [0, 0.1) is 0 Å². The van der Waals surface area contributed by atoms with E-state index in [1.807, 2.05) is 18.2 Å². The van der Waals surface area contributed by atoms with Gasteiger partial charge in [0.15, 0.2) is 12.3 Å². The van der Waals surface area contributed by atoms with Crippen molar-refractivity contribution in [2.75, 3.05) is 37.7 Å². The number of anilines is 1. The van der Waals surface area contributed by atoms with Crippen LogP contribution in [0.15, 0.2) is 28.9 Å². The maximum Gasteiger partial charge on any atom is 0.273 e. The van der Waals surface area contributed by atoms with Crippen LogP contribution in [0.4, 0.5) is 5.69 Å². The highest BCUT2D eigenvalue weighted by atomic mass is 16.5. The summed E-state index contributed by atoms with van der Waals surface area (Å²) in [5.74, 6) is 0.531. The number of oxazole rings is 1. The fraction of sp³-hybridized carbons (Fsp3) is 0.542. The van der Waals surface area contributed by atoms with E-state index in [0.29, 0.717) is 23.9 Å². The number of carbonyl (C=O) groups excluding carboxylic acids is 2. The third kappa shape index (κ3) is 5.12. The first-order valence-corrected chi connectivity index (χ1v) is 11.3. The number of hydrogen-bond acceptors (Lipinski definition) is 6. The van der Waals surface area contributed by atoms with Crippen molar-refractivity contribution in [3.63, 3.8) is 0 Å². The van der Waals surface area contributed by atoms with Gasteiger partial charge in [-0.2, -0.15) is 0 Å². The van der Waals surface area contributed by atoms with Crippen molar-refractivity contribution in [1.29, 1.82) is 0 Å². The second kappa shape index (κ2) is 9.32. The number of nitrogens with zero attached hydrogens (tertiary/aromatic N) is 3. The number of fused-ring (bicyclic) bond motifs is 1. The molecule has 4 rings (SSSR count). The number of ether oxygens (including phenoxy) is 1. The Labute approximate surface area is 188 Å². The van der Waals surface area contributed by atoms with Crippen molar-refractivity contribution in [2.24, 2.45) is 0 Å². The fourth-order valence-corrected chi connectivity index (χ4v) is 4.07. The highest BCUT2D eigenvalue weighted by molar-refractivity contribution is 5.98. The molecule has 1 fully saturated rings. The number of piperidine rings is 1. The molecule has 1 N–H and O–H groups in total. The van der Waals surface area contributed by atoms with Gasteiger partial charge >= 0.3 is 0 Å². The highest BCUT2D eigenvalue weighted by Crippen LogP contribution is 2.37. The molecule has 3 heterocycles. The van der Waals surface area contributed by atoms with Crippen molar-refractivity contribution in [3.05, 3.63) is 41.6 Å². The van der Waals surface area contributed by atoms with Gasteiger partial charge < -0.3 is 19.4 Å². The Morgan fingerprint density at radius 1 is 1.19 bits per heavy atom. The molecule has 8 heteroatoms. The zero-order valence-corrected chi connectivity index (χ0v) is 19.1. The molecule has 32 heavy (non-hydrogen) atoms. The minimum atomic E-state index is -0.263. The number of hydrogen-bond donors (Lipinski definition) is 1. The Morgan fingerprint density at radius 3 is 2.72 bits per heavy atom. The SMILES string of the molecule is CC(C)(C)c1ccc2c(c1)N(Cc1nc(C(=O)NCCN3CCCCC3)co1)C(=O)CO2. The molecule has 2 amide bonds. The number of carbonyl (C=O) groups is 2. The summed E-state index contributed by atoms with van der Waals surface area (Å²) in [6.07, 6.45) is 5.09. The molecule has 0 radical (unpaired) electrons. The first-order valence-electron chi connectivity index (χ1n) is 11.3. The molecular formula is C24H32N4O4. The third-order valence-corrected chi connectivity index (χ3v) is 6.01. The number of benzene rings is 1. The molecule has 0 saturated carbocycles. The molecule has 8 nitrogen and oxygen atoms in total. The average Bonchev–Trinajstić information content (AvgIpc) is 3.24. The van der Waals surface area contributed by atoms with Crippen LogP contribution in [-0.2, 0) is 16.8 Å². The van der Waals surface area contributed by atoms with Gasteiger partial charge in [0.05, 0.1) is 5.69 Å². The minimum Gasteiger partial charge on any atom is -0.482 e. The van der Waals surface area contributed by atoms with Gasteiger partial charge in [0, 0.05) is 13.1 Å². The lowest BCUT2D eigenvalue weighted by Crippen LogP contribution is -2.38. The van der Waals surface area contributed by atoms with Gasteiger partial charge in [-0.05, 0) is 49.0 Å². The van der Waals surface area contributed by atoms with E-state index in [-0.39, 0.29) is 36.1 Å². The summed E-state index contributed by atoms with van der Waals surface area (Å²) in [6.45, 7) is 10.1. The van der Waals surface area contributed by atoms with Crippen LogP contribution in [-0.4, -0.2) is 54.5 Å². The minimum absolute atomic E-state index is 0.0353. The van der Waals surface area contributed by atoms with E-state index in [9.17, 15) is 9.59 Å². The van der Waals surface area contributed by atoms with Crippen molar-refractivity contribution in [3.8, 4) is 5.75 Å². The van der Waals surface area contributed by atoms with E-state index in [1.165, 1.54) is 25.5 Å². The molecule has 0 unspecified atom stereocenters. The van der Waals surface area contributed by atoms with Gasteiger partial charge in [-0.3, -0.25) is 14.5 Å². The summed E-state index contributed by atoms with van der Waals surface area (Å²) in [4.78, 5) is 33.4. The van der Waals surface area contributed by atoms with Crippen molar-refractivity contribution in [1.82, 2.24) is 15.2 Å². The second-order valence-corrected chi connectivity index (χ2v) is 9.49. The molecule has 0 atom stereocenters. The van der Waals surface area contributed by atoms with Gasteiger partial charge in [0.25, 0.3) is 11.8 Å². The second-order valence-electron chi connectivity index (χ2n) is 9.49. The molecule has 0 spiro atoms. The van der Waals surface area contributed by atoms with Crippen LogP contribution < -0.4 is 15.0 Å². The summed E-state index contributed by atoms with van der Waals surface area (Å²) in [6, 6.07) is 5.89. The van der Waals surface area contributed by atoms with E-state index < -0.39 is 0 Å². The molecule has 1 saturated heterocycles. The van der Waals surface area contributed by atoms with Gasteiger partial charge in [-0.1, -0.05) is 33.3 Å². The molecule has 1 aromatic carbocycles. The van der Waals surface area contributed by atoms with Crippen LogP contribution in [0.3, 0.4) is 0 Å².